The molecule has 17 heavy (non-hydrogen) atoms. The zero-order valence-corrected chi connectivity index (χ0v) is 13.4. The SMILES string of the molecule is CCCC(CBr)c1cc(C(C)(C)C)ccc1C. The second-order valence-corrected chi connectivity index (χ2v) is 6.61. The smallest absolute Gasteiger partial charge is 0.0100 e. The number of hydrogen-bond acceptors (Lipinski definition) is 0. The van der Waals surface area contributed by atoms with E-state index >= 15 is 0 Å². The van der Waals surface area contributed by atoms with E-state index in [1.54, 1.807) is 0 Å². The van der Waals surface area contributed by atoms with E-state index in [2.05, 4.69) is 68.7 Å². The highest BCUT2D eigenvalue weighted by molar-refractivity contribution is 9.09. The molecule has 0 aromatic heterocycles. The zero-order chi connectivity index (χ0) is 13.1. The van der Waals surface area contributed by atoms with Crippen LogP contribution in [0, 0.1) is 6.92 Å². The average Bonchev–Trinajstić information content (AvgIpc) is 2.25. The Morgan fingerprint density at radius 2 is 1.88 bits per heavy atom. The molecule has 1 heteroatoms. The summed E-state index contributed by atoms with van der Waals surface area (Å²) in [5, 5.41) is 1.06. The molecule has 1 rings (SSSR count). The molecule has 0 aliphatic carbocycles. The van der Waals surface area contributed by atoms with Gasteiger partial charge in [0.05, 0.1) is 0 Å². The van der Waals surface area contributed by atoms with Crippen LogP contribution >= 0.6 is 15.9 Å². The molecular weight excluding hydrogens is 272 g/mol. The van der Waals surface area contributed by atoms with Crippen molar-refractivity contribution in [1.82, 2.24) is 0 Å². The van der Waals surface area contributed by atoms with Crippen LogP contribution in [-0.4, -0.2) is 5.33 Å². The summed E-state index contributed by atoms with van der Waals surface area (Å²) in [5.74, 6) is 0.655. The van der Waals surface area contributed by atoms with E-state index in [1.807, 2.05) is 0 Å². The fourth-order valence-electron chi connectivity index (χ4n) is 2.21. The van der Waals surface area contributed by atoms with Crippen LogP contribution in [0.5, 0.6) is 0 Å². The van der Waals surface area contributed by atoms with Crippen molar-refractivity contribution in [3.05, 3.63) is 34.9 Å². The van der Waals surface area contributed by atoms with Crippen molar-refractivity contribution in [3.63, 3.8) is 0 Å². The van der Waals surface area contributed by atoms with Gasteiger partial charge in [0.25, 0.3) is 0 Å². The average molecular weight is 297 g/mol. The van der Waals surface area contributed by atoms with E-state index < -0.39 is 0 Å². The standard InChI is InChI=1S/C16H25Br/c1-6-7-13(11-17)15-10-14(16(3,4)5)9-8-12(15)2/h8-10,13H,6-7,11H2,1-5H3. The van der Waals surface area contributed by atoms with Gasteiger partial charge in [-0.25, -0.2) is 0 Å². The highest BCUT2D eigenvalue weighted by Crippen LogP contribution is 2.31. The molecule has 96 valence electrons. The summed E-state index contributed by atoms with van der Waals surface area (Å²) in [5.41, 5.74) is 4.64. The molecule has 1 aromatic carbocycles. The molecule has 0 bridgehead atoms. The molecule has 0 N–H and O–H groups in total. The lowest BCUT2D eigenvalue weighted by atomic mass is 9.82. The van der Waals surface area contributed by atoms with Crippen molar-refractivity contribution >= 4 is 15.9 Å². The van der Waals surface area contributed by atoms with Crippen molar-refractivity contribution in [1.29, 1.82) is 0 Å². The Morgan fingerprint density at radius 1 is 1.24 bits per heavy atom. The molecule has 0 saturated carbocycles. The van der Waals surface area contributed by atoms with Gasteiger partial charge in [0, 0.05) is 5.33 Å². The van der Waals surface area contributed by atoms with Crippen molar-refractivity contribution in [2.75, 3.05) is 5.33 Å². The van der Waals surface area contributed by atoms with Gasteiger partial charge in [0.2, 0.25) is 0 Å². The Balaban J connectivity index is 3.13. The molecule has 1 unspecified atom stereocenters. The Labute approximate surface area is 115 Å². The van der Waals surface area contributed by atoms with Crippen molar-refractivity contribution < 1.29 is 0 Å². The largest absolute Gasteiger partial charge is 0.0921 e. The summed E-state index contributed by atoms with van der Waals surface area (Å²) in [6.07, 6.45) is 2.51. The van der Waals surface area contributed by atoms with Crippen molar-refractivity contribution in [2.24, 2.45) is 0 Å². The Hall–Kier alpha value is -0.300. The van der Waals surface area contributed by atoms with Crippen LogP contribution < -0.4 is 0 Å². The van der Waals surface area contributed by atoms with E-state index in [-0.39, 0.29) is 5.41 Å². The van der Waals surface area contributed by atoms with Crippen molar-refractivity contribution in [2.45, 2.75) is 58.8 Å². The first-order valence-electron chi connectivity index (χ1n) is 6.57. The number of hydrogen-bond donors (Lipinski definition) is 0. The molecule has 0 saturated heterocycles. The molecule has 0 nitrogen and oxygen atoms in total. The summed E-state index contributed by atoms with van der Waals surface area (Å²) >= 11 is 3.66. The second kappa shape index (κ2) is 6.04. The van der Waals surface area contributed by atoms with Gasteiger partial charge in [0.15, 0.2) is 0 Å². The van der Waals surface area contributed by atoms with Crippen LogP contribution in [0.25, 0.3) is 0 Å². The lowest BCUT2D eigenvalue weighted by Crippen LogP contribution is -2.13. The summed E-state index contributed by atoms with van der Waals surface area (Å²) < 4.78 is 0. The first-order chi connectivity index (χ1) is 7.90. The quantitative estimate of drug-likeness (QED) is 0.637. The Kier molecular flexibility index (Phi) is 5.24. The van der Waals surface area contributed by atoms with E-state index in [0.717, 1.165) is 5.33 Å². The van der Waals surface area contributed by atoms with Crippen LogP contribution in [0.1, 0.15) is 63.1 Å². The summed E-state index contributed by atoms with van der Waals surface area (Å²) in [6, 6.07) is 6.97. The molecule has 0 spiro atoms. The van der Waals surface area contributed by atoms with Gasteiger partial charge < -0.3 is 0 Å². The molecule has 1 aromatic rings. The lowest BCUT2D eigenvalue weighted by Gasteiger charge is -2.23. The van der Waals surface area contributed by atoms with E-state index in [0.29, 0.717) is 5.92 Å². The minimum Gasteiger partial charge on any atom is -0.0921 e. The molecule has 0 aliphatic rings. The maximum absolute atomic E-state index is 3.66. The number of halogens is 1. The fraction of sp³-hybridized carbons (Fsp3) is 0.625. The van der Waals surface area contributed by atoms with Gasteiger partial charge in [-0.1, -0.05) is 68.2 Å². The molecule has 0 heterocycles. The number of aryl methyl sites for hydroxylation is 1. The third-order valence-corrected chi connectivity index (χ3v) is 4.19. The first kappa shape index (κ1) is 14.8. The molecule has 0 fully saturated rings. The molecule has 0 amide bonds. The fourth-order valence-corrected chi connectivity index (χ4v) is 2.88. The van der Waals surface area contributed by atoms with E-state index in [4.69, 9.17) is 0 Å². The first-order valence-corrected chi connectivity index (χ1v) is 7.69. The van der Waals surface area contributed by atoms with Crippen LogP contribution in [-0.2, 0) is 5.41 Å². The summed E-state index contributed by atoms with van der Waals surface area (Å²) in [4.78, 5) is 0. The number of benzene rings is 1. The van der Waals surface area contributed by atoms with Crippen LogP contribution in [0.15, 0.2) is 18.2 Å². The minimum atomic E-state index is 0.242. The normalized spacial score (nSPS) is 13.8. The van der Waals surface area contributed by atoms with Gasteiger partial charge in [-0.2, -0.15) is 0 Å². The van der Waals surface area contributed by atoms with Gasteiger partial charge >= 0.3 is 0 Å². The van der Waals surface area contributed by atoms with Crippen LogP contribution in [0.3, 0.4) is 0 Å². The van der Waals surface area contributed by atoms with Crippen molar-refractivity contribution in [3.8, 4) is 0 Å². The van der Waals surface area contributed by atoms with E-state index in [9.17, 15) is 0 Å². The molecular formula is C16H25Br. The van der Waals surface area contributed by atoms with Gasteiger partial charge in [0.1, 0.15) is 0 Å². The molecule has 0 aliphatic heterocycles. The highest BCUT2D eigenvalue weighted by atomic mass is 79.9. The Bertz CT molecular complexity index is 360. The second-order valence-electron chi connectivity index (χ2n) is 5.96. The van der Waals surface area contributed by atoms with Gasteiger partial charge in [-0.05, 0) is 41.4 Å². The maximum atomic E-state index is 3.66. The topological polar surface area (TPSA) is 0 Å². The van der Waals surface area contributed by atoms with Gasteiger partial charge in [-0.15, -0.1) is 0 Å². The summed E-state index contributed by atoms with van der Waals surface area (Å²) in [7, 11) is 0. The number of rotatable bonds is 4. The maximum Gasteiger partial charge on any atom is 0.0100 e. The third-order valence-electron chi connectivity index (χ3n) is 3.41. The Morgan fingerprint density at radius 3 is 2.35 bits per heavy atom. The van der Waals surface area contributed by atoms with Crippen LogP contribution in [0.2, 0.25) is 0 Å². The van der Waals surface area contributed by atoms with Crippen LogP contribution in [0.4, 0.5) is 0 Å². The van der Waals surface area contributed by atoms with Gasteiger partial charge in [-0.3, -0.25) is 0 Å². The minimum absolute atomic E-state index is 0.242. The highest BCUT2D eigenvalue weighted by Gasteiger charge is 2.18. The predicted octanol–water partition coefficient (Wildman–Crippen LogP) is 5.57. The zero-order valence-electron chi connectivity index (χ0n) is 11.8. The number of alkyl halides is 1. The molecule has 1 atom stereocenters. The molecule has 0 radical (unpaired) electrons. The monoisotopic (exact) mass is 296 g/mol. The third kappa shape index (κ3) is 3.84. The lowest BCUT2D eigenvalue weighted by molar-refractivity contribution is 0.586. The summed E-state index contributed by atoms with van der Waals surface area (Å²) in [6.45, 7) is 11.3. The predicted molar refractivity (Wildman–Crippen MR) is 81.3 cm³/mol. The van der Waals surface area contributed by atoms with E-state index in [1.165, 1.54) is 29.5 Å².